The van der Waals surface area contributed by atoms with E-state index in [0.29, 0.717) is 0 Å². The molecular weight excluding hydrogens is 178 g/mol. The number of rotatable bonds is 1. The van der Waals surface area contributed by atoms with Crippen molar-refractivity contribution < 1.29 is 19.1 Å². The Balaban J connectivity index is 3.10. The van der Waals surface area contributed by atoms with Crippen LogP contribution in [0.25, 0.3) is 0 Å². The van der Waals surface area contributed by atoms with Crippen LogP contribution < -0.4 is 0 Å². The van der Waals surface area contributed by atoms with Gasteiger partial charge in [-0.25, -0.2) is 4.79 Å². The zero-order chi connectivity index (χ0) is 10.2. The van der Waals surface area contributed by atoms with Gasteiger partial charge in [0.2, 0.25) is 0 Å². The molecule has 1 aliphatic rings. The fourth-order valence-electron chi connectivity index (χ4n) is 1.01. The maximum atomic E-state index is 11.1. The number of carbonyl (C=O) groups is 2. The molecule has 0 aliphatic carbocycles. The molecule has 1 heterocycles. The largest absolute Gasteiger partial charge is 0.500 e. The molecule has 0 N–H and O–H groups in total. The summed E-state index contributed by atoms with van der Waals surface area (Å²) in [6, 6.07) is -2.02. The van der Waals surface area contributed by atoms with Crippen LogP contribution in [0, 0.1) is 10.1 Å². The number of nitrogens with zero attached hydrogens (tertiary/aromatic N) is 3. The molecule has 0 saturated heterocycles. The molecule has 1 aliphatic heterocycles. The third-order valence-electron chi connectivity index (χ3n) is 1.76. The van der Waals surface area contributed by atoms with Crippen LogP contribution in [-0.4, -0.2) is 52.7 Å². The van der Waals surface area contributed by atoms with Crippen LogP contribution in [-0.2, 0) is 4.79 Å². The summed E-state index contributed by atoms with van der Waals surface area (Å²) in [5, 5.41) is 10.4. The highest BCUT2D eigenvalue weighted by Gasteiger charge is 2.46. The number of hydrogen-bond acceptors (Lipinski definition) is 4. The fourth-order valence-corrected chi connectivity index (χ4v) is 1.01. The van der Waals surface area contributed by atoms with E-state index in [4.69, 9.17) is 0 Å². The van der Waals surface area contributed by atoms with Crippen LogP contribution in [0.1, 0.15) is 0 Å². The topological polar surface area (TPSA) is 83.5 Å². The van der Waals surface area contributed by atoms with Gasteiger partial charge in [0.25, 0.3) is 0 Å². The van der Waals surface area contributed by atoms with E-state index in [0.717, 1.165) is 15.7 Å². The van der Waals surface area contributed by atoms with Crippen LogP contribution in [0.3, 0.4) is 0 Å². The van der Waals surface area contributed by atoms with E-state index in [9.17, 15) is 19.7 Å². The quantitative estimate of drug-likeness (QED) is 0.297. The van der Waals surface area contributed by atoms with Gasteiger partial charge in [0.1, 0.15) is 0 Å². The molecule has 1 atom stereocenters. The molecule has 0 spiro atoms. The molecule has 0 aromatic carbocycles. The molecule has 7 heteroatoms. The maximum absolute atomic E-state index is 11.1. The van der Waals surface area contributed by atoms with Crippen molar-refractivity contribution in [1.82, 2.24) is 4.90 Å². The molecule has 3 amide bonds. The Hall–Kier alpha value is -1.79. The number of carbonyl (C=O) groups excluding carboxylic acids is 2. The zero-order valence-electron chi connectivity index (χ0n) is 7.13. The lowest BCUT2D eigenvalue weighted by Gasteiger charge is -2.13. The highest BCUT2D eigenvalue weighted by Crippen LogP contribution is 2.02. The number of hydrogen-bond donors (Lipinski definition) is 0. The molecule has 0 aromatic heterocycles. The molecule has 7 nitrogen and oxygen atoms in total. The van der Waals surface area contributed by atoms with E-state index >= 15 is 0 Å². The minimum atomic E-state index is -1.45. The predicted octanol–water partition coefficient (Wildman–Crippen LogP) is -1.06. The van der Waals surface area contributed by atoms with E-state index in [-0.39, 0.29) is 0 Å². The summed E-state index contributed by atoms with van der Waals surface area (Å²) >= 11 is 0. The lowest BCUT2D eigenvalue weighted by Crippen LogP contribution is -2.53. The third-order valence-corrected chi connectivity index (χ3v) is 1.76. The highest BCUT2D eigenvalue weighted by molar-refractivity contribution is 6.05. The molecule has 1 rings (SSSR count). The smallest absolute Gasteiger partial charge is 0.263 e. The van der Waals surface area contributed by atoms with Crippen molar-refractivity contribution in [1.29, 1.82) is 0 Å². The monoisotopic (exact) mass is 186 g/mol. The number of amides is 3. The highest BCUT2D eigenvalue weighted by atomic mass is 16.6. The predicted molar refractivity (Wildman–Crippen MR) is 41.2 cm³/mol. The van der Waals surface area contributed by atoms with E-state index in [1.54, 1.807) is 0 Å². The van der Waals surface area contributed by atoms with Crippen molar-refractivity contribution in [2.45, 2.75) is 6.04 Å². The first-order chi connectivity index (χ1) is 5.95. The van der Waals surface area contributed by atoms with Crippen molar-refractivity contribution in [2.75, 3.05) is 14.1 Å². The summed E-state index contributed by atoms with van der Waals surface area (Å²) < 4.78 is 1.02. The van der Waals surface area contributed by atoms with Crippen LogP contribution in [0.15, 0.2) is 0 Å². The average Bonchev–Trinajstić information content (AvgIpc) is 2.07. The summed E-state index contributed by atoms with van der Waals surface area (Å²) in [4.78, 5) is 32.6. The van der Waals surface area contributed by atoms with E-state index in [1.807, 2.05) is 0 Å². The molecule has 13 heavy (non-hydrogen) atoms. The Bertz CT molecular complexity index is 322. The Kier molecular flexibility index (Phi) is 2.09. The summed E-state index contributed by atoms with van der Waals surface area (Å²) in [5.41, 5.74) is 0. The van der Waals surface area contributed by atoms with Gasteiger partial charge in [-0.2, -0.15) is 14.3 Å². The number of nitro groups is 1. The van der Waals surface area contributed by atoms with Gasteiger partial charge in [0, 0.05) is 4.92 Å². The van der Waals surface area contributed by atoms with Crippen LogP contribution in [0.2, 0.25) is 0 Å². The minimum absolute atomic E-state index is 0.567. The molecular formula is C6H8N3O4+. The molecule has 70 valence electrons. The summed E-state index contributed by atoms with van der Waals surface area (Å²) in [6.07, 6.45) is 0.991. The van der Waals surface area contributed by atoms with Crippen molar-refractivity contribution in [3.05, 3.63) is 10.1 Å². The Morgan fingerprint density at radius 3 is 2.62 bits per heavy atom. The Morgan fingerprint density at radius 2 is 2.15 bits per heavy atom. The minimum Gasteiger partial charge on any atom is -0.263 e. The zero-order valence-corrected chi connectivity index (χ0v) is 7.13. The van der Waals surface area contributed by atoms with Crippen LogP contribution in [0.4, 0.5) is 4.79 Å². The van der Waals surface area contributed by atoms with Crippen molar-refractivity contribution in [2.24, 2.45) is 0 Å². The molecule has 0 aromatic rings. The lowest BCUT2D eigenvalue weighted by atomic mass is 10.2. The van der Waals surface area contributed by atoms with Gasteiger partial charge in [0.15, 0.2) is 6.21 Å². The van der Waals surface area contributed by atoms with Gasteiger partial charge in [-0.1, -0.05) is 0 Å². The molecule has 0 fully saturated rings. The normalized spacial score (nSPS) is 23.1. The van der Waals surface area contributed by atoms with Gasteiger partial charge >= 0.3 is 18.0 Å². The van der Waals surface area contributed by atoms with Crippen LogP contribution >= 0.6 is 0 Å². The Labute approximate surface area is 73.4 Å². The van der Waals surface area contributed by atoms with Gasteiger partial charge < -0.3 is 0 Å². The van der Waals surface area contributed by atoms with E-state index in [1.165, 1.54) is 14.1 Å². The van der Waals surface area contributed by atoms with Gasteiger partial charge in [0.05, 0.1) is 14.1 Å². The number of likely N-dealkylation sites (N-methyl/N-ethyl adjacent to an activating group) is 1. The van der Waals surface area contributed by atoms with Crippen molar-refractivity contribution in [3.63, 3.8) is 0 Å². The van der Waals surface area contributed by atoms with E-state index in [2.05, 4.69) is 0 Å². The second-order valence-corrected chi connectivity index (χ2v) is 2.67. The SMILES string of the molecule is CN1C(=O)C([N+](=O)[O-])C=[N+](C)C1=O. The van der Waals surface area contributed by atoms with Gasteiger partial charge in [-0.05, 0) is 0 Å². The Morgan fingerprint density at radius 1 is 1.62 bits per heavy atom. The van der Waals surface area contributed by atoms with Crippen molar-refractivity contribution >= 4 is 18.2 Å². The first-order valence-electron chi connectivity index (χ1n) is 3.48. The first-order valence-corrected chi connectivity index (χ1v) is 3.48. The van der Waals surface area contributed by atoms with Crippen molar-refractivity contribution in [3.8, 4) is 0 Å². The summed E-state index contributed by atoms with van der Waals surface area (Å²) in [6.45, 7) is 0. The van der Waals surface area contributed by atoms with Gasteiger partial charge in [-0.3, -0.25) is 10.1 Å². The molecule has 0 radical (unpaired) electrons. The number of urea groups is 1. The summed E-state index contributed by atoms with van der Waals surface area (Å²) in [5.74, 6) is -0.812. The summed E-state index contributed by atoms with van der Waals surface area (Å²) in [7, 11) is 2.58. The second-order valence-electron chi connectivity index (χ2n) is 2.67. The average molecular weight is 186 g/mol. The number of imide groups is 1. The maximum Gasteiger partial charge on any atom is 0.500 e. The lowest BCUT2D eigenvalue weighted by molar-refractivity contribution is -0.506. The second kappa shape index (κ2) is 2.92. The standard InChI is InChI=1S/C6H8N3O4/c1-7-3-4(9(12)13)5(10)8(2)6(7)11/h3-4H,1-2H3/q+1. The third kappa shape index (κ3) is 1.40. The molecule has 0 saturated carbocycles. The van der Waals surface area contributed by atoms with Crippen LogP contribution in [0.5, 0.6) is 0 Å². The van der Waals surface area contributed by atoms with Gasteiger partial charge in [-0.15, -0.1) is 0 Å². The fraction of sp³-hybridized carbons (Fsp3) is 0.500. The first kappa shape index (κ1) is 9.30. The van der Waals surface area contributed by atoms with E-state index < -0.39 is 22.9 Å². The molecule has 1 unspecified atom stereocenters. The molecule has 0 bridgehead atoms.